The highest BCUT2D eigenvalue weighted by molar-refractivity contribution is 5.56. The lowest BCUT2D eigenvalue weighted by Gasteiger charge is -2.30. The molecule has 0 unspecified atom stereocenters. The van der Waals surface area contributed by atoms with Gasteiger partial charge in [0.25, 0.3) is 0 Å². The van der Waals surface area contributed by atoms with Crippen molar-refractivity contribution in [2.24, 2.45) is 0 Å². The molecule has 0 atom stereocenters. The van der Waals surface area contributed by atoms with Crippen LogP contribution in [0, 0.1) is 0 Å². The third kappa shape index (κ3) is 3.82. The van der Waals surface area contributed by atoms with Gasteiger partial charge in [-0.25, -0.2) is 0 Å². The summed E-state index contributed by atoms with van der Waals surface area (Å²) in [7, 11) is 5.29. The minimum atomic E-state index is -0.243. The predicted molar refractivity (Wildman–Crippen MR) is 78.3 cm³/mol. The van der Waals surface area contributed by atoms with E-state index in [0.29, 0.717) is 6.54 Å². The summed E-state index contributed by atoms with van der Waals surface area (Å²) in [5, 5.41) is 0. The van der Waals surface area contributed by atoms with E-state index in [1.165, 1.54) is 0 Å². The van der Waals surface area contributed by atoms with Crippen molar-refractivity contribution < 1.29 is 14.2 Å². The van der Waals surface area contributed by atoms with Crippen molar-refractivity contribution in [3.8, 4) is 0 Å². The summed E-state index contributed by atoms with van der Waals surface area (Å²) >= 11 is 0. The molecule has 6 nitrogen and oxygen atoms in total. The quantitative estimate of drug-likeness (QED) is 0.724. The molecule has 1 aromatic heterocycles. The molecule has 2 rings (SSSR count). The van der Waals surface area contributed by atoms with Gasteiger partial charge in [0.15, 0.2) is 6.29 Å². The van der Waals surface area contributed by atoms with Crippen molar-refractivity contribution in [1.82, 2.24) is 4.98 Å². The van der Waals surface area contributed by atoms with Crippen LogP contribution in [-0.4, -0.2) is 65.4 Å². The van der Waals surface area contributed by atoms with Gasteiger partial charge in [-0.2, -0.15) is 0 Å². The van der Waals surface area contributed by atoms with Gasteiger partial charge in [0, 0.05) is 34.4 Å². The number of pyridine rings is 1. The normalized spacial score (nSPS) is 15.7. The molecule has 0 aromatic carbocycles. The van der Waals surface area contributed by atoms with Gasteiger partial charge in [-0.05, 0) is 6.07 Å². The van der Waals surface area contributed by atoms with E-state index in [2.05, 4.69) is 20.9 Å². The number of likely N-dealkylation sites (N-methyl/N-ethyl adjacent to an activating group) is 1. The summed E-state index contributed by atoms with van der Waals surface area (Å²) in [6.45, 7) is 4.02. The van der Waals surface area contributed by atoms with Gasteiger partial charge < -0.3 is 24.0 Å². The Morgan fingerprint density at radius 1 is 1.30 bits per heavy atom. The molecule has 0 N–H and O–H groups in total. The highest BCUT2D eigenvalue weighted by atomic mass is 16.7. The average molecular weight is 281 g/mol. The monoisotopic (exact) mass is 281 g/mol. The second-order valence-corrected chi connectivity index (χ2v) is 4.78. The molecule has 0 radical (unpaired) electrons. The van der Waals surface area contributed by atoms with Gasteiger partial charge in [-0.1, -0.05) is 0 Å². The van der Waals surface area contributed by atoms with Crippen LogP contribution in [-0.2, 0) is 14.2 Å². The highest BCUT2D eigenvalue weighted by Crippen LogP contribution is 2.21. The Kier molecular flexibility index (Phi) is 5.58. The zero-order valence-electron chi connectivity index (χ0n) is 12.4. The van der Waals surface area contributed by atoms with Gasteiger partial charge in [0.2, 0.25) is 0 Å². The number of hydrogen-bond donors (Lipinski definition) is 0. The van der Waals surface area contributed by atoms with E-state index in [1.54, 1.807) is 14.2 Å². The summed E-state index contributed by atoms with van der Waals surface area (Å²) in [6, 6.07) is 2.14. The highest BCUT2D eigenvalue weighted by Gasteiger charge is 2.14. The summed E-state index contributed by atoms with van der Waals surface area (Å²) in [5.41, 5.74) is 2.18. The zero-order valence-corrected chi connectivity index (χ0v) is 12.4. The number of morpholine rings is 1. The first-order chi connectivity index (χ1) is 9.74. The third-order valence-corrected chi connectivity index (χ3v) is 3.48. The third-order valence-electron chi connectivity index (χ3n) is 3.48. The Labute approximate surface area is 120 Å². The smallest absolute Gasteiger partial charge is 0.174 e. The van der Waals surface area contributed by atoms with Crippen LogP contribution in [0.2, 0.25) is 0 Å². The molecular formula is C14H23N3O3. The molecule has 6 heteroatoms. The number of hydrogen-bond acceptors (Lipinski definition) is 6. The first-order valence-electron chi connectivity index (χ1n) is 6.79. The molecule has 2 heterocycles. The average Bonchev–Trinajstić information content (AvgIpc) is 2.53. The van der Waals surface area contributed by atoms with E-state index in [4.69, 9.17) is 14.2 Å². The minimum absolute atomic E-state index is 0.243. The molecule has 112 valence electrons. The zero-order chi connectivity index (χ0) is 14.4. The SMILES string of the molecule is COC(CN(C)c1cncc(N2CCOCC2)c1)OC. The van der Waals surface area contributed by atoms with Crippen LogP contribution in [0.15, 0.2) is 18.5 Å². The Morgan fingerprint density at radius 2 is 2.00 bits per heavy atom. The Balaban J connectivity index is 2.04. The van der Waals surface area contributed by atoms with E-state index < -0.39 is 0 Å². The second-order valence-electron chi connectivity index (χ2n) is 4.78. The molecule has 0 saturated carbocycles. The van der Waals surface area contributed by atoms with Crippen molar-refractivity contribution in [2.75, 3.05) is 63.9 Å². The summed E-state index contributed by atoms with van der Waals surface area (Å²) in [4.78, 5) is 8.70. The fourth-order valence-corrected chi connectivity index (χ4v) is 2.19. The summed E-state index contributed by atoms with van der Waals surface area (Å²) in [6.07, 6.45) is 3.51. The van der Waals surface area contributed by atoms with E-state index in [1.807, 2.05) is 19.4 Å². The molecule has 1 aliphatic rings. The molecule has 1 saturated heterocycles. The molecule has 0 amide bonds. The maximum absolute atomic E-state index is 5.38. The molecule has 0 bridgehead atoms. The van der Waals surface area contributed by atoms with E-state index in [0.717, 1.165) is 37.7 Å². The van der Waals surface area contributed by atoms with Crippen molar-refractivity contribution in [1.29, 1.82) is 0 Å². The van der Waals surface area contributed by atoms with Crippen LogP contribution in [0.1, 0.15) is 0 Å². The first kappa shape index (κ1) is 15.0. The van der Waals surface area contributed by atoms with Crippen LogP contribution < -0.4 is 9.80 Å². The second kappa shape index (κ2) is 7.42. The molecular weight excluding hydrogens is 258 g/mol. The number of ether oxygens (including phenoxy) is 3. The Hall–Kier alpha value is -1.37. The largest absolute Gasteiger partial charge is 0.378 e. The van der Waals surface area contributed by atoms with Crippen LogP contribution >= 0.6 is 0 Å². The summed E-state index contributed by atoms with van der Waals surface area (Å²) in [5.74, 6) is 0. The molecule has 1 fully saturated rings. The van der Waals surface area contributed by atoms with E-state index >= 15 is 0 Å². The Bertz CT molecular complexity index is 406. The minimum Gasteiger partial charge on any atom is -0.378 e. The molecule has 1 aliphatic heterocycles. The van der Waals surface area contributed by atoms with Crippen LogP contribution in [0.4, 0.5) is 11.4 Å². The van der Waals surface area contributed by atoms with Gasteiger partial charge in [-0.15, -0.1) is 0 Å². The van der Waals surface area contributed by atoms with Gasteiger partial charge in [0.1, 0.15) is 0 Å². The lowest BCUT2D eigenvalue weighted by Crippen LogP contribution is -2.36. The molecule has 0 spiro atoms. The molecule has 0 aliphatic carbocycles. The van der Waals surface area contributed by atoms with Crippen molar-refractivity contribution in [3.05, 3.63) is 18.5 Å². The lowest BCUT2D eigenvalue weighted by atomic mass is 10.3. The van der Waals surface area contributed by atoms with Gasteiger partial charge in [0.05, 0.1) is 43.5 Å². The number of nitrogens with zero attached hydrogens (tertiary/aromatic N) is 3. The van der Waals surface area contributed by atoms with Crippen LogP contribution in [0.3, 0.4) is 0 Å². The maximum Gasteiger partial charge on any atom is 0.174 e. The standard InChI is InChI=1S/C14H23N3O3/c1-16(11-14(18-2)19-3)12-8-13(10-15-9-12)17-4-6-20-7-5-17/h8-10,14H,4-7,11H2,1-3H3. The van der Waals surface area contributed by atoms with E-state index in [9.17, 15) is 0 Å². The summed E-state index contributed by atoms with van der Waals surface area (Å²) < 4.78 is 15.8. The predicted octanol–water partition coefficient (Wildman–Crippen LogP) is 0.973. The molecule has 1 aromatic rings. The topological polar surface area (TPSA) is 47.1 Å². The number of aromatic nitrogens is 1. The van der Waals surface area contributed by atoms with Crippen molar-refractivity contribution >= 4 is 11.4 Å². The first-order valence-corrected chi connectivity index (χ1v) is 6.79. The van der Waals surface area contributed by atoms with Crippen LogP contribution in [0.25, 0.3) is 0 Å². The molecule has 20 heavy (non-hydrogen) atoms. The van der Waals surface area contributed by atoms with Gasteiger partial charge >= 0.3 is 0 Å². The fraction of sp³-hybridized carbons (Fsp3) is 0.643. The van der Waals surface area contributed by atoms with E-state index in [-0.39, 0.29) is 6.29 Å². The number of methoxy groups -OCH3 is 2. The Morgan fingerprint density at radius 3 is 2.65 bits per heavy atom. The maximum atomic E-state index is 5.38. The van der Waals surface area contributed by atoms with Crippen LogP contribution in [0.5, 0.6) is 0 Å². The fourth-order valence-electron chi connectivity index (χ4n) is 2.19. The lowest BCUT2D eigenvalue weighted by molar-refractivity contribution is -0.0944. The van der Waals surface area contributed by atoms with Crippen molar-refractivity contribution in [3.63, 3.8) is 0 Å². The number of anilines is 2. The van der Waals surface area contributed by atoms with Crippen molar-refractivity contribution in [2.45, 2.75) is 6.29 Å². The van der Waals surface area contributed by atoms with Gasteiger partial charge in [-0.3, -0.25) is 4.98 Å². The number of rotatable bonds is 6.